The number of halogens is 1. The van der Waals surface area contributed by atoms with E-state index in [1.165, 1.54) is 12.8 Å². The van der Waals surface area contributed by atoms with Gasteiger partial charge in [0.2, 0.25) is 0 Å². The Hall–Kier alpha value is -0.450. The van der Waals surface area contributed by atoms with Crippen molar-refractivity contribution in [1.29, 1.82) is 0 Å². The molecule has 1 N–H and O–H groups in total. The molecule has 0 bridgehead atoms. The minimum Gasteiger partial charge on any atom is -0.508 e. The first-order valence-electron chi connectivity index (χ1n) is 4.37. The highest BCUT2D eigenvalue weighted by molar-refractivity contribution is 14.1. The lowest BCUT2D eigenvalue weighted by atomic mass is 10.3. The molecule has 1 aromatic carbocycles. The smallest absolute Gasteiger partial charge is 0.132 e. The number of phenols is 1. The zero-order valence-electron chi connectivity index (χ0n) is 7.16. The van der Waals surface area contributed by atoms with Crippen LogP contribution in [0, 0.1) is 9.49 Å². The maximum atomic E-state index is 9.17. The summed E-state index contributed by atoms with van der Waals surface area (Å²) < 4.78 is 6.57. The molecule has 0 aromatic heterocycles. The summed E-state index contributed by atoms with van der Waals surface area (Å²) in [6.07, 6.45) is 2.60. The van der Waals surface area contributed by atoms with Gasteiger partial charge in [-0.05, 0) is 59.5 Å². The highest BCUT2D eigenvalue weighted by Gasteiger charge is 2.22. The van der Waals surface area contributed by atoms with Crippen LogP contribution in [-0.2, 0) is 0 Å². The standard InChI is InChI=1S/C10H11IO2/c11-9-5-8(12)3-4-10(9)13-6-7-1-2-7/h3-5,7,12H,1-2,6H2. The first-order valence-corrected chi connectivity index (χ1v) is 5.45. The lowest BCUT2D eigenvalue weighted by Gasteiger charge is -2.07. The number of hydrogen-bond donors (Lipinski definition) is 1. The fraction of sp³-hybridized carbons (Fsp3) is 0.400. The Morgan fingerprint density at radius 3 is 2.85 bits per heavy atom. The Labute approximate surface area is 91.1 Å². The molecule has 0 saturated heterocycles. The largest absolute Gasteiger partial charge is 0.508 e. The maximum Gasteiger partial charge on any atom is 0.132 e. The van der Waals surface area contributed by atoms with Crippen LogP contribution in [0.15, 0.2) is 18.2 Å². The van der Waals surface area contributed by atoms with Crippen LogP contribution in [-0.4, -0.2) is 11.7 Å². The van der Waals surface area contributed by atoms with E-state index in [1.54, 1.807) is 12.1 Å². The van der Waals surface area contributed by atoms with Crippen molar-refractivity contribution in [2.75, 3.05) is 6.61 Å². The fourth-order valence-electron chi connectivity index (χ4n) is 1.10. The molecule has 0 aliphatic heterocycles. The Morgan fingerprint density at radius 1 is 1.46 bits per heavy atom. The molecule has 0 spiro atoms. The Balaban J connectivity index is 2.01. The SMILES string of the molecule is Oc1ccc(OCC2CC2)c(I)c1. The van der Waals surface area contributed by atoms with Crippen LogP contribution < -0.4 is 4.74 Å². The van der Waals surface area contributed by atoms with Crippen molar-refractivity contribution in [3.63, 3.8) is 0 Å². The second-order valence-corrected chi connectivity index (χ2v) is 4.53. The first-order chi connectivity index (χ1) is 6.25. The molecule has 0 heterocycles. The molecule has 70 valence electrons. The molecular formula is C10H11IO2. The minimum absolute atomic E-state index is 0.295. The third-order valence-electron chi connectivity index (χ3n) is 2.09. The van der Waals surface area contributed by atoms with Crippen LogP contribution in [0.2, 0.25) is 0 Å². The van der Waals surface area contributed by atoms with Gasteiger partial charge in [-0.1, -0.05) is 0 Å². The molecule has 0 amide bonds. The molecule has 1 aliphatic carbocycles. The summed E-state index contributed by atoms with van der Waals surface area (Å²) in [4.78, 5) is 0. The van der Waals surface area contributed by atoms with E-state index in [-0.39, 0.29) is 0 Å². The summed E-state index contributed by atoms with van der Waals surface area (Å²) in [7, 11) is 0. The zero-order chi connectivity index (χ0) is 9.26. The molecule has 1 fully saturated rings. The quantitative estimate of drug-likeness (QED) is 0.867. The van der Waals surface area contributed by atoms with Crippen LogP contribution in [0.4, 0.5) is 0 Å². The monoisotopic (exact) mass is 290 g/mol. The van der Waals surface area contributed by atoms with Crippen molar-refractivity contribution >= 4 is 22.6 Å². The molecule has 13 heavy (non-hydrogen) atoms. The molecule has 3 heteroatoms. The van der Waals surface area contributed by atoms with E-state index in [2.05, 4.69) is 22.6 Å². The minimum atomic E-state index is 0.295. The van der Waals surface area contributed by atoms with Gasteiger partial charge in [-0.3, -0.25) is 0 Å². The van der Waals surface area contributed by atoms with Gasteiger partial charge >= 0.3 is 0 Å². The lowest BCUT2D eigenvalue weighted by molar-refractivity contribution is 0.297. The zero-order valence-corrected chi connectivity index (χ0v) is 9.32. The normalized spacial score (nSPS) is 15.8. The van der Waals surface area contributed by atoms with E-state index in [9.17, 15) is 0 Å². The average Bonchev–Trinajstić information content (AvgIpc) is 2.86. The number of benzene rings is 1. The summed E-state index contributed by atoms with van der Waals surface area (Å²) in [6.45, 7) is 0.820. The lowest BCUT2D eigenvalue weighted by Crippen LogP contribution is -1.99. The molecule has 0 unspecified atom stereocenters. The molecule has 2 rings (SSSR count). The summed E-state index contributed by atoms with van der Waals surface area (Å²) >= 11 is 2.17. The number of ether oxygens (including phenoxy) is 1. The third-order valence-corrected chi connectivity index (χ3v) is 2.93. The van der Waals surface area contributed by atoms with Crippen molar-refractivity contribution in [3.8, 4) is 11.5 Å². The Kier molecular flexibility index (Phi) is 2.62. The average molecular weight is 290 g/mol. The van der Waals surface area contributed by atoms with Gasteiger partial charge in [0.05, 0.1) is 10.2 Å². The van der Waals surface area contributed by atoms with Gasteiger partial charge in [0.25, 0.3) is 0 Å². The van der Waals surface area contributed by atoms with Crippen molar-refractivity contribution in [3.05, 3.63) is 21.8 Å². The van der Waals surface area contributed by atoms with E-state index in [1.807, 2.05) is 6.07 Å². The van der Waals surface area contributed by atoms with Gasteiger partial charge in [0, 0.05) is 0 Å². The van der Waals surface area contributed by atoms with Gasteiger partial charge in [-0.2, -0.15) is 0 Å². The Morgan fingerprint density at radius 2 is 2.23 bits per heavy atom. The molecule has 0 atom stereocenters. The second-order valence-electron chi connectivity index (χ2n) is 3.37. The molecular weight excluding hydrogens is 279 g/mol. The maximum absolute atomic E-state index is 9.17. The van der Waals surface area contributed by atoms with Gasteiger partial charge in [0.1, 0.15) is 11.5 Å². The summed E-state index contributed by atoms with van der Waals surface area (Å²) in [5.41, 5.74) is 0. The number of rotatable bonds is 3. The number of hydrogen-bond acceptors (Lipinski definition) is 2. The van der Waals surface area contributed by atoms with Crippen molar-refractivity contribution in [1.82, 2.24) is 0 Å². The number of phenolic OH excluding ortho intramolecular Hbond substituents is 1. The first kappa shape index (κ1) is 9.12. The van der Waals surface area contributed by atoms with Crippen LogP contribution in [0.1, 0.15) is 12.8 Å². The Bertz CT molecular complexity index is 308. The summed E-state index contributed by atoms with van der Waals surface area (Å²) in [5.74, 6) is 1.94. The van der Waals surface area contributed by atoms with E-state index in [4.69, 9.17) is 9.84 Å². The van der Waals surface area contributed by atoms with Crippen LogP contribution in [0.5, 0.6) is 11.5 Å². The van der Waals surface area contributed by atoms with Gasteiger partial charge in [-0.15, -0.1) is 0 Å². The highest BCUT2D eigenvalue weighted by atomic mass is 127. The predicted molar refractivity (Wildman–Crippen MR) is 59.0 cm³/mol. The summed E-state index contributed by atoms with van der Waals surface area (Å²) in [6, 6.07) is 5.19. The molecule has 1 aliphatic rings. The number of aromatic hydroxyl groups is 1. The van der Waals surface area contributed by atoms with E-state index in [0.29, 0.717) is 5.75 Å². The predicted octanol–water partition coefficient (Wildman–Crippen LogP) is 2.79. The second kappa shape index (κ2) is 3.74. The summed E-state index contributed by atoms with van der Waals surface area (Å²) in [5, 5.41) is 9.17. The van der Waals surface area contributed by atoms with E-state index >= 15 is 0 Å². The fourth-order valence-corrected chi connectivity index (χ4v) is 1.75. The van der Waals surface area contributed by atoms with E-state index in [0.717, 1.165) is 21.8 Å². The molecule has 2 nitrogen and oxygen atoms in total. The van der Waals surface area contributed by atoms with E-state index < -0.39 is 0 Å². The van der Waals surface area contributed by atoms with Gasteiger partial charge in [-0.25, -0.2) is 0 Å². The highest BCUT2D eigenvalue weighted by Crippen LogP contribution is 2.31. The van der Waals surface area contributed by atoms with Crippen LogP contribution >= 0.6 is 22.6 Å². The van der Waals surface area contributed by atoms with Crippen molar-refractivity contribution in [2.45, 2.75) is 12.8 Å². The third kappa shape index (κ3) is 2.49. The van der Waals surface area contributed by atoms with Crippen molar-refractivity contribution < 1.29 is 9.84 Å². The molecule has 1 aromatic rings. The van der Waals surface area contributed by atoms with Crippen LogP contribution in [0.25, 0.3) is 0 Å². The van der Waals surface area contributed by atoms with Crippen LogP contribution in [0.3, 0.4) is 0 Å². The van der Waals surface area contributed by atoms with Gasteiger partial charge in [0.15, 0.2) is 0 Å². The van der Waals surface area contributed by atoms with Gasteiger partial charge < -0.3 is 9.84 Å². The molecule has 0 radical (unpaired) electrons. The molecule has 1 saturated carbocycles. The topological polar surface area (TPSA) is 29.5 Å². The van der Waals surface area contributed by atoms with Crippen molar-refractivity contribution in [2.24, 2.45) is 5.92 Å².